The van der Waals surface area contributed by atoms with Crippen LogP contribution in [0.1, 0.15) is 42.4 Å². The van der Waals surface area contributed by atoms with E-state index in [0.29, 0.717) is 21.8 Å². The van der Waals surface area contributed by atoms with E-state index in [-0.39, 0.29) is 35.1 Å². The highest BCUT2D eigenvalue weighted by molar-refractivity contribution is 7.92. The molecule has 4 rings (SSSR count). The molecule has 2 amide bonds. The highest BCUT2D eigenvalue weighted by Crippen LogP contribution is 2.38. The van der Waals surface area contributed by atoms with Crippen LogP contribution in [0.25, 0.3) is 0 Å². The lowest BCUT2D eigenvalue weighted by Crippen LogP contribution is -2.30. The summed E-state index contributed by atoms with van der Waals surface area (Å²) in [6.07, 6.45) is 3.44. The second-order valence-electron chi connectivity index (χ2n) is 8.43. The summed E-state index contributed by atoms with van der Waals surface area (Å²) < 4.78 is 28.6. The Morgan fingerprint density at radius 3 is 2.19 bits per heavy atom. The number of benzene rings is 2. The van der Waals surface area contributed by atoms with Crippen molar-refractivity contribution in [1.82, 2.24) is 4.90 Å². The van der Waals surface area contributed by atoms with E-state index < -0.39 is 10.0 Å². The van der Waals surface area contributed by atoms with E-state index in [1.165, 1.54) is 11.0 Å². The summed E-state index contributed by atoms with van der Waals surface area (Å²) in [7, 11) is -3.87. The number of carbonyl (C=O) groups excluding carboxylic acids is 2. The summed E-state index contributed by atoms with van der Waals surface area (Å²) in [6.45, 7) is 3.64. The van der Waals surface area contributed by atoms with Gasteiger partial charge in [-0.25, -0.2) is 8.42 Å². The van der Waals surface area contributed by atoms with Crippen LogP contribution in [-0.2, 0) is 26.2 Å². The fourth-order valence-corrected chi connectivity index (χ4v) is 5.99. The van der Waals surface area contributed by atoms with Gasteiger partial charge in [-0.2, -0.15) is 0 Å². The van der Waals surface area contributed by atoms with Crippen molar-refractivity contribution in [2.45, 2.75) is 51.0 Å². The Balaban J connectivity index is 1.59. The van der Waals surface area contributed by atoms with Crippen LogP contribution in [0, 0.1) is 25.7 Å². The molecule has 1 aliphatic heterocycles. The zero-order valence-electron chi connectivity index (χ0n) is 17.5. The number of rotatable bonds is 5. The zero-order valence-corrected chi connectivity index (χ0v) is 19.1. The predicted molar refractivity (Wildman–Crippen MR) is 119 cm³/mol. The SMILES string of the molecule is Cc1ccc(NS(=O)(=O)c2cc(CN3C(=O)C4CCCCC4C3=O)ccc2C)cc1Cl. The van der Waals surface area contributed by atoms with Gasteiger partial charge >= 0.3 is 0 Å². The van der Waals surface area contributed by atoms with Crippen LogP contribution in [0.3, 0.4) is 0 Å². The van der Waals surface area contributed by atoms with Crippen LogP contribution in [0.15, 0.2) is 41.3 Å². The first-order valence-electron chi connectivity index (χ1n) is 10.4. The molecule has 2 atom stereocenters. The average molecular weight is 461 g/mol. The van der Waals surface area contributed by atoms with Crippen LogP contribution < -0.4 is 4.72 Å². The Kier molecular flexibility index (Phi) is 5.83. The van der Waals surface area contributed by atoms with Gasteiger partial charge in [-0.05, 0) is 61.6 Å². The Bertz CT molecular complexity index is 1140. The number of carbonyl (C=O) groups is 2. The molecular weight excluding hydrogens is 436 g/mol. The number of nitrogens with one attached hydrogen (secondary N) is 1. The van der Waals surface area contributed by atoms with E-state index in [1.54, 1.807) is 37.3 Å². The van der Waals surface area contributed by atoms with Gasteiger partial charge in [0.25, 0.3) is 10.0 Å². The van der Waals surface area contributed by atoms with Crippen molar-refractivity contribution in [1.29, 1.82) is 0 Å². The molecule has 6 nitrogen and oxygen atoms in total. The van der Waals surface area contributed by atoms with Gasteiger partial charge in [0.1, 0.15) is 0 Å². The molecule has 2 aromatic rings. The average Bonchev–Trinajstić information content (AvgIpc) is 2.97. The summed E-state index contributed by atoms with van der Waals surface area (Å²) >= 11 is 6.12. The number of nitrogens with zero attached hydrogens (tertiary/aromatic N) is 1. The number of hydrogen-bond acceptors (Lipinski definition) is 4. The molecule has 0 aromatic heterocycles. The molecule has 0 radical (unpaired) electrons. The standard InChI is InChI=1S/C23H25ClN2O4S/c1-14-8-10-17(12-20(14)24)25-31(29,30)21-11-16(9-7-15(21)2)13-26-22(27)18-5-3-4-6-19(18)23(26)28/h7-12,18-19,25H,3-6,13H2,1-2H3. The molecule has 2 aromatic carbocycles. The molecular formula is C23H25ClN2O4S. The molecule has 0 spiro atoms. The quantitative estimate of drug-likeness (QED) is 0.669. The minimum absolute atomic E-state index is 0.0871. The maximum absolute atomic E-state index is 13.0. The van der Waals surface area contributed by atoms with Crippen molar-refractivity contribution >= 4 is 39.1 Å². The molecule has 1 aliphatic carbocycles. The van der Waals surface area contributed by atoms with Gasteiger partial charge in [-0.15, -0.1) is 0 Å². The topological polar surface area (TPSA) is 83.6 Å². The maximum atomic E-state index is 13.0. The lowest BCUT2D eigenvalue weighted by molar-refractivity contribution is -0.140. The molecule has 1 N–H and O–H groups in total. The Labute approximate surface area is 187 Å². The summed E-state index contributed by atoms with van der Waals surface area (Å²) in [4.78, 5) is 26.9. The Morgan fingerprint density at radius 1 is 0.968 bits per heavy atom. The third-order valence-electron chi connectivity index (χ3n) is 6.24. The van der Waals surface area contributed by atoms with E-state index in [2.05, 4.69) is 4.72 Å². The van der Waals surface area contributed by atoms with E-state index in [1.807, 2.05) is 6.92 Å². The van der Waals surface area contributed by atoms with Crippen LogP contribution in [0.2, 0.25) is 5.02 Å². The molecule has 2 unspecified atom stereocenters. The predicted octanol–water partition coefficient (Wildman–Crippen LogP) is 4.43. The van der Waals surface area contributed by atoms with Crippen molar-refractivity contribution in [3.8, 4) is 0 Å². The summed E-state index contributed by atoms with van der Waals surface area (Å²) in [6, 6.07) is 9.96. The van der Waals surface area contributed by atoms with E-state index >= 15 is 0 Å². The van der Waals surface area contributed by atoms with Crippen molar-refractivity contribution in [3.05, 3.63) is 58.1 Å². The maximum Gasteiger partial charge on any atom is 0.262 e. The van der Waals surface area contributed by atoms with Crippen LogP contribution in [0.4, 0.5) is 5.69 Å². The lowest BCUT2D eigenvalue weighted by Gasteiger charge is -2.19. The Morgan fingerprint density at radius 2 is 1.58 bits per heavy atom. The number of sulfonamides is 1. The third kappa shape index (κ3) is 4.21. The third-order valence-corrected chi connectivity index (χ3v) is 8.17. The molecule has 8 heteroatoms. The number of amides is 2. The van der Waals surface area contributed by atoms with E-state index in [9.17, 15) is 18.0 Å². The van der Waals surface area contributed by atoms with Gasteiger partial charge < -0.3 is 0 Å². The first kappa shape index (κ1) is 21.8. The highest BCUT2D eigenvalue weighted by atomic mass is 35.5. The van der Waals surface area contributed by atoms with Gasteiger partial charge in [0.2, 0.25) is 11.8 Å². The van der Waals surface area contributed by atoms with Gasteiger partial charge in [-0.1, -0.05) is 42.6 Å². The molecule has 164 valence electrons. The van der Waals surface area contributed by atoms with Gasteiger partial charge in [-0.3, -0.25) is 19.2 Å². The first-order valence-corrected chi connectivity index (χ1v) is 12.3. The lowest BCUT2D eigenvalue weighted by atomic mass is 9.81. The summed E-state index contributed by atoms with van der Waals surface area (Å²) in [5.41, 5.74) is 2.40. The smallest absolute Gasteiger partial charge is 0.262 e. The number of halogens is 1. The fourth-order valence-electron chi connectivity index (χ4n) is 4.47. The Hall–Kier alpha value is -2.38. The van der Waals surface area contributed by atoms with Gasteiger partial charge in [0, 0.05) is 5.02 Å². The molecule has 2 aliphatic rings. The number of hydrogen-bond donors (Lipinski definition) is 1. The summed E-state index contributed by atoms with van der Waals surface area (Å²) in [5.74, 6) is -0.704. The number of imide groups is 1. The molecule has 0 bridgehead atoms. The first-order chi connectivity index (χ1) is 14.7. The van der Waals surface area contributed by atoms with Crippen molar-refractivity contribution < 1.29 is 18.0 Å². The second kappa shape index (κ2) is 8.28. The van der Waals surface area contributed by atoms with Crippen LogP contribution >= 0.6 is 11.6 Å². The highest BCUT2D eigenvalue weighted by Gasteiger charge is 2.47. The molecule has 1 heterocycles. The molecule has 1 saturated heterocycles. The number of fused-ring (bicyclic) bond motifs is 1. The van der Waals surface area contributed by atoms with Gasteiger partial charge in [0.05, 0.1) is 29.0 Å². The molecule has 2 fully saturated rings. The van der Waals surface area contributed by atoms with Crippen LogP contribution in [0.5, 0.6) is 0 Å². The van der Waals surface area contributed by atoms with Crippen molar-refractivity contribution in [2.24, 2.45) is 11.8 Å². The molecule has 1 saturated carbocycles. The molecule has 31 heavy (non-hydrogen) atoms. The normalized spacial score (nSPS) is 21.3. The number of anilines is 1. The monoisotopic (exact) mass is 460 g/mol. The van der Waals surface area contributed by atoms with E-state index in [4.69, 9.17) is 11.6 Å². The minimum Gasteiger partial charge on any atom is -0.280 e. The van der Waals surface area contributed by atoms with Gasteiger partial charge in [0.15, 0.2) is 0 Å². The second-order valence-corrected chi connectivity index (χ2v) is 10.5. The van der Waals surface area contributed by atoms with Crippen LogP contribution in [-0.4, -0.2) is 25.1 Å². The van der Waals surface area contributed by atoms with Crippen molar-refractivity contribution in [3.63, 3.8) is 0 Å². The number of likely N-dealkylation sites (tertiary alicyclic amines) is 1. The van der Waals surface area contributed by atoms with E-state index in [0.717, 1.165) is 31.2 Å². The largest absolute Gasteiger partial charge is 0.280 e. The van der Waals surface area contributed by atoms with Crippen molar-refractivity contribution in [2.75, 3.05) is 4.72 Å². The minimum atomic E-state index is -3.87. The zero-order chi connectivity index (χ0) is 22.3. The number of aryl methyl sites for hydroxylation is 2. The summed E-state index contributed by atoms with van der Waals surface area (Å²) in [5, 5.41) is 0.471. The fraction of sp³-hybridized carbons (Fsp3) is 0.391.